The molecule has 0 aliphatic rings. The highest BCUT2D eigenvalue weighted by atomic mass is 32.2. The number of rotatable bonds is 7. The molecule has 2 aromatic rings. The van der Waals surface area contributed by atoms with Crippen molar-refractivity contribution in [2.24, 2.45) is 0 Å². The minimum absolute atomic E-state index is 0.0703. The van der Waals surface area contributed by atoms with Crippen LogP contribution in [0.2, 0.25) is 0 Å². The maximum absolute atomic E-state index is 12.3. The van der Waals surface area contributed by atoms with Crippen molar-refractivity contribution in [3.63, 3.8) is 0 Å². The number of amides is 1. The molecule has 0 atom stereocenters. The van der Waals surface area contributed by atoms with Crippen LogP contribution in [0.1, 0.15) is 33.3 Å². The van der Waals surface area contributed by atoms with Crippen LogP contribution in [0.4, 0.5) is 5.69 Å². The summed E-state index contributed by atoms with van der Waals surface area (Å²) < 4.78 is 9.34. The molecule has 0 saturated heterocycles. The lowest BCUT2D eigenvalue weighted by Gasteiger charge is -2.11. The zero-order chi connectivity index (χ0) is 20.7. The van der Waals surface area contributed by atoms with Gasteiger partial charge in [0.2, 0.25) is 5.91 Å². The third-order valence-corrected chi connectivity index (χ3v) is 4.47. The number of hydrogen-bond acceptors (Lipinski definition) is 8. The summed E-state index contributed by atoms with van der Waals surface area (Å²) in [5.41, 5.74) is 0.691. The minimum Gasteiger partial charge on any atom is -0.465 e. The van der Waals surface area contributed by atoms with Gasteiger partial charge in [0.25, 0.3) is 5.56 Å². The molecular weight excluding hydrogens is 386 g/mol. The van der Waals surface area contributed by atoms with E-state index in [0.29, 0.717) is 17.3 Å². The molecule has 0 fully saturated rings. The van der Waals surface area contributed by atoms with Crippen LogP contribution < -0.4 is 10.9 Å². The fraction of sp³-hybridized carbons (Fsp3) is 0.278. The molecule has 0 bridgehead atoms. The number of H-pyrrole nitrogens is 1. The summed E-state index contributed by atoms with van der Waals surface area (Å²) in [5.74, 6) is -1.80. The number of aromatic amines is 1. The SMILES string of the molecule is CCc1cc(=O)[nH]c(SCC(=O)Nc2cc(C(=O)OC)ccc2C(=O)OC)n1. The summed E-state index contributed by atoms with van der Waals surface area (Å²) in [7, 11) is 2.43. The summed E-state index contributed by atoms with van der Waals surface area (Å²) in [5, 5.41) is 2.89. The van der Waals surface area contributed by atoms with Crippen molar-refractivity contribution in [1.29, 1.82) is 0 Å². The Hall–Kier alpha value is -3.14. The van der Waals surface area contributed by atoms with Crippen molar-refractivity contribution in [2.75, 3.05) is 25.3 Å². The Labute approximate surface area is 164 Å². The third-order valence-electron chi connectivity index (χ3n) is 3.60. The molecule has 0 unspecified atom stereocenters. The van der Waals surface area contributed by atoms with Gasteiger partial charge in [0.05, 0.1) is 36.8 Å². The minimum atomic E-state index is -0.666. The molecule has 0 aliphatic carbocycles. The van der Waals surface area contributed by atoms with E-state index in [-0.39, 0.29) is 28.1 Å². The van der Waals surface area contributed by atoms with Crippen molar-refractivity contribution < 1.29 is 23.9 Å². The first kappa shape index (κ1) is 21.2. The van der Waals surface area contributed by atoms with Crippen LogP contribution in [0.15, 0.2) is 34.2 Å². The van der Waals surface area contributed by atoms with Crippen molar-refractivity contribution in [3.05, 3.63) is 51.4 Å². The number of aromatic nitrogens is 2. The van der Waals surface area contributed by atoms with E-state index in [1.807, 2.05) is 6.92 Å². The molecule has 2 rings (SSSR count). The number of methoxy groups -OCH3 is 2. The monoisotopic (exact) mass is 405 g/mol. The quantitative estimate of drug-likeness (QED) is 0.404. The molecule has 1 aromatic heterocycles. The van der Waals surface area contributed by atoms with Crippen molar-refractivity contribution >= 4 is 35.3 Å². The smallest absolute Gasteiger partial charge is 0.339 e. The number of aryl methyl sites for hydroxylation is 1. The van der Waals surface area contributed by atoms with Gasteiger partial charge in [-0.3, -0.25) is 9.59 Å². The summed E-state index contributed by atoms with van der Waals surface area (Å²) in [6, 6.07) is 5.49. The van der Waals surface area contributed by atoms with Crippen molar-refractivity contribution in [2.45, 2.75) is 18.5 Å². The van der Waals surface area contributed by atoms with Crippen LogP contribution in [0.5, 0.6) is 0 Å². The average molecular weight is 405 g/mol. The van der Waals surface area contributed by atoms with Crippen LogP contribution in [0.25, 0.3) is 0 Å². The Bertz CT molecular complexity index is 957. The highest BCUT2D eigenvalue weighted by Crippen LogP contribution is 2.21. The highest BCUT2D eigenvalue weighted by Gasteiger charge is 2.17. The van der Waals surface area contributed by atoms with E-state index in [4.69, 9.17) is 4.74 Å². The largest absolute Gasteiger partial charge is 0.465 e. The number of hydrogen-bond donors (Lipinski definition) is 2. The normalized spacial score (nSPS) is 10.2. The second-order valence-electron chi connectivity index (χ2n) is 5.48. The maximum Gasteiger partial charge on any atom is 0.339 e. The Morgan fingerprint density at radius 3 is 2.50 bits per heavy atom. The molecule has 9 nitrogen and oxygen atoms in total. The summed E-state index contributed by atoms with van der Waals surface area (Å²) in [4.78, 5) is 54.3. The van der Waals surface area contributed by atoms with E-state index in [2.05, 4.69) is 20.0 Å². The zero-order valence-corrected chi connectivity index (χ0v) is 16.3. The summed E-state index contributed by atoms with van der Waals surface area (Å²) in [6.07, 6.45) is 0.590. The first-order valence-corrected chi connectivity index (χ1v) is 9.20. The van der Waals surface area contributed by atoms with Crippen molar-refractivity contribution in [3.8, 4) is 0 Å². The van der Waals surface area contributed by atoms with E-state index in [9.17, 15) is 19.2 Å². The van der Waals surface area contributed by atoms with Crippen LogP contribution in [0.3, 0.4) is 0 Å². The van der Waals surface area contributed by atoms with E-state index in [1.165, 1.54) is 38.5 Å². The van der Waals surface area contributed by atoms with Crippen LogP contribution in [0, 0.1) is 0 Å². The number of anilines is 1. The topological polar surface area (TPSA) is 127 Å². The third kappa shape index (κ3) is 5.43. The van der Waals surface area contributed by atoms with Gasteiger partial charge < -0.3 is 19.8 Å². The van der Waals surface area contributed by atoms with Crippen LogP contribution >= 0.6 is 11.8 Å². The van der Waals surface area contributed by atoms with E-state index < -0.39 is 17.8 Å². The summed E-state index contributed by atoms with van der Waals surface area (Å²) in [6.45, 7) is 1.87. The number of nitrogens with zero attached hydrogens (tertiary/aromatic N) is 1. The molecule has 2 N–H and O–H groups in total. The van der Waals surface area contributed by atoms with E-state index in [1.54, 1.807) is 0 Å². The Balaban J connectivity index is 2.17. The number of thioether (sulfide) groups is 1. The lowest BCUT2D eigenvalue weighted by Crippen LogP contribution is -2.18. The molecule has 0 aliphatic heterocycles. The van der Waals surface area contributed by atoms with Crippen LogP contribution in [-0.2, 0) is 20.7 Å². The number of carbonyl (C=O) groups excluding carboxylic acids is 3. The Morgan fingerprint density at radius 1 is 1.14 bits per heavy atom. The number of esters is 2. The number of benzene rings is 1. The molecule has 1 amide bonds. The predicted octanol–water partition coefficient (Wildman–Crippen LogP) is 1.64. The average Bonchev–Trinajstić information content (AvgIpc) is 2.70. The number of nitrogens with one attached hydrogen (secondary N) is 2. The van der Waals surface area contributed by atoms with Gasteiger partial charge in [-0.25, -0.2) is 14.6 Å². The second-order valence-corrected chi connectivity index (χ2v) is 6.44. The first-order chi connectivity index (χ1) is 13.4. The molecule has 0 spiro atoms. The van der Waals surface area contributed by atoms with E-state index in [0.717, 1.165) is 11.8 Å². The molecule has 1 heterocycles. The molecule has 10 heteroatoms. The standard InChI is InChI=1S/C18H19N3O6S/c1-4-11-8-14(22)21-18(19-11)28-9-15(23)20-13-7-10(16(24)26-2)5-6-12(13)17(25)27-3/h5-8H,4,9H2,1-3H3,(H,20,23)(H,19,21,22). The highest BCUT2D eigenvalue weighted by molar-refractivity contribution is 7.99. The molecule has 1 aromatic carbocycles. The van der Waals surface area contributed by atoms with Gasteiger partial charge in [-0.05, 0) is 24.6 Å². The predicted molar refractivity (Wildman–Crippen MR) is 103 cm³/mol. The molecule has 0 radical (unpaired) electrons. The number of ether oxygens (including phenoxy) is 2. The van der Waals surface area contributed by atoms with Crippen LogP contribution in [-0.4, -0.2) is 47.8 Å². The lowest BCUT2D eigenvalue weighted by molar-refractivity contribution is -0.113. The zero-order valence-electron chi connectivity index (χ0n) is 15.5. The second kappa shape index (κ2) is 9.70. The first-order valence-electron chi connectivity index (χ1n) is 8.21. The molecule has 28 heavy (non-hydrogen) atoms. The van der Waals surface area contributed by atoms with E-state index >= 15 is 0 Å². The fourth-order valence-electron chi connectivity index (χ4n) is 2.23. The maximum atomic E-state index is 12.3. The molecular formula is C18H19N3O6S. The number of carbonyl (C=O) groups is 3. The van der Waals surface area contributed by atoms with Gasteiger partial charge in [0, 0.05) is 11.8 Å². The van der Waals surface area contributed by atoms with Gasteiger partial charge in [-0.2, -0.15) is 0 Å². The van der Waals surface area contributed by atoms with Gasteiger partial charge >= 0.3 is 11.9 Å². The van der Waals surface area contributed by atoms with Gasteiger partial charge in [-0.1, -0.05) is 18.7 Å². The van der Waals surface area contributed by atoms with Gasteiger partial charge in [-0.15, -0.1) is 0 Å². The molecule has 0 saturated carbocycles. The summed E-state index contributed by atoms with van der Waals surface area (Å²) >= 11 is 1.04. The lowest BCUT2D eigenvalue weighted by atomic mass is 10.1. The Morgan fingerprint density at radius 2 is 1.86 bits per heavy atom. The molecule has 148 valence electrons. The van der Waals surface area contributed by atoms with Gasteiger partial charge in [0.15, 0.2) is 5.16 Å². The Kier molecular flexibility index (Phi) is 7.33. The fourth-order valence-corrected chi connectivity index (χ4v) is 2.93. The van der Waals surface area contributed by atoms with Crippen molar-refractivity contribution in [1.82, 2.24) is 9.97 Å². The van der Waals surface area contributed by atoms with Gasteiger partial charge in [0.1, 0.15) is 0 Å².